The van der Waals surface area contributed by atoms with Crippen LogP contribution in [0.4, 0.5) is 17.6 Å². The van der Waals surface area contributed by atoms with Crippen LogP contribution in [0.1, 0.15) is 33.9 Å². The number of benzene rings is 2. The molecular weight excluding hydrogens is 436 g/mol. The van der Waals surface area contributed by atoms with Gasteiger partial charge in [-0.1, -0.05) is 12.1 Å². The number of carbonyl (C=O) groups is 1. The number of nitrogens with zero attached hydrogens (tertiary/aromatic N) is 1. The summed E-state index contributed by atoms with van der Waals surface area (Å²) < 4.78 is 64.7. The monoisotopic (exact) mass is 454 g/mol. The Morgan fingerprint density at radius 2 is 1.87 bits per heavy atom. The Hall–Kier alpha value is -3.14. The van der Waals surface area contributed by atoms with Crippen molar-refractivity contribution in [3.63, 3.8) is 0 Å². The summed E-state index contributed by atoms with van der Waals surface area (Å²) in [6.45, 7) is 1.64. The Morgan fingerprint density at radius 3 is 2.52 bits per heavy atom. The summed E-state index contributed by atoms with van der Waals surface area (Å²) in [4.78, 5) is 15.7. The number of thiazole rings is 1. The molecule has 3 rings (SSSR count). The molecule has 3 aromatic rings. The van der Waals surface area contributed by atoms with E-state index in [-0.39, 0.29) is 16.3 Å². The molecule has 0 spiro atoms. The van der Waals surface area contributed by atoms with Gasteiger partial charge in [0, 0.05) is 0 Å². The minimum atomic E-state index is -4.87. The highest BCUT2D eigenvalue weighted by atomic mass is 32.1. The zero-order valence-electron chi connectivity index (χ0n) is 16.7. The molecule has 1 unspecified atom stereocenters. The number of amides is 1. The number of halogens is 4. The van der Waals surface area contributed by atoms with Gasteiger partial charge in [0.05, 0.1) is 25.8 Å². The number of ether oxygens (including phenoxy) is 2. The molecule has 1 N–H and O–H groups in total. The summed E-state index contributed by atoms with van der Waals surface area (Å²) in [5.74, 6) is -0.924. The Morgan fingerprint density at radius 1 is 1.13 bits per heavy atom. The Balaban J connectivity index is 1.98. The first-order chi connectivity index (χ1) is 14.6. The maximum atomic E-state index is 13.7. The van der Waals surface area contributed by atoms with Gasteiger partial charge in [0.15, 0.2) is 5.69 Å². The number of carbonyl (C=O) groups excluding carboxylic acids is 1. The molecule has 1 amide bonds. The largest absolute Gasteiger partial charge is 0.497 e. The SMILES string of the molecule is COc1cccc(C(C)NC(=O)c2sc(-c3cc(F)ccc3OC)nc2C(F)(F)F)c1. The molecule has 164 valence electrons. The van der Waals surface area contributed by atoms with Crippen LogP contribution in [-0.4, -0.2) is 25.1 Å². The van der Waals surface area contributed by atoms with Crippen LogP contribution in [0.3, 0.4) is 0 Å². The minimum absolute atomic E-state index is 0.0258. The molecule has 0 saturated carbocycles. The van der Waals surface area contributed by atoms with Crippen molar-refractivity contribution in [3.05, 3.63) is 64.4 Å². The summed E-state index contributed by atoms with van der Waals surface area (Å²) in [5.41, 5.74) is -0.662. The van der Waals surface area contributed by atoms with Crippen LogP contribution < -0.4 is 14.8 Å². The first kappa shape index (κ1) is 22.5. The number of methoxy groups -OCH3 is 2. The lowest BCUT2D eigenvalue weighted by molar-refractivity contribution is -0.141. The third kappa shape index (κ3) is 4.96. The minimum Gasteiger partial charge on any atom is -0.497 e. The molecule has 0 aliphatic rings. The summed E-state index contributed by atoms with van der Waals surface area (Å²) in [7, 11) is 2.79. The van der Waals surface area contributed by atoms with Gasteiger partial charge in [0.2, 0.25) is 0 Å². The summed E-state index contributed by atoms with van der Waals surface area (Å²) in [5, 5.41) is 2.37. The first-order valence-corrected chi connectivity index (χ1v) is 9.82. The predicted molar refractivity (Wildman–Crippen MR) is 108 cm³/mol. The molecule has 10 heteroatoms. The third-order valence-corrected chi connectivity index (χ3v) is 5.52. The van der Waals surface area contributed by atoms with Gasteiger partial charge in [0.1, 0.15) is 27.2 Å². The molecular formula is C21H18F4N2O3S. The van der Waals surface area contributed by atoms with Crippen LogP contribution in [0.15, 0.2) is 42.5 Å². The number of alkyl halides is 3. The van der Waals surface area contributed by atoms with E-state index in [0.29, 0.717) is 22.6 Å². The normalized spacial score (nSPS) is 12.4. The number of aromatic nitrogens is 1. The second-order valence-electron chi connectivity index (χ2n) is 6.51. The predicted octanol–water partition coefficient (Wildman–Crippen LogP) is 5.48. The van der Waals surface area contributed by atoms with Crippen LogP contribution >= 0.6 is 11.3 Å². The maximum Gasteiger partial charge on any atom is 0.435 e. The molecule has 0 radical (unpaired) electrons. The van der Waals surface area contributed by atoms with Gasteiger partial charge in [-0.05, 0) is 42.8 Å². The Kier molecular flexibility index (Phi) is 6.49. The zero-order chi connectivity index (χ0) is 22.8. The lowest BCUT2D eigenvalue weighted by atomic mass is 10.1. The van der Waals surface area contributed by atoms with E-state index in [2.05, 4.69) is 10.3 Å². The van der Waals surface area contributed by atoms with Crippen LogP contribution in [0.2, 0.25) is 0 Å². The van der Waals surface area contributed by atoms with Crippen molar-refractivity contribution >= 4 is 17.2 Å². The van der Waals surface area contributed by atoms with E-state index in [4.69, 9.17) is 9.47 Å². The maximum absolute atomic E-state index is 13.7. The lowest BCUT2D eigenvalue weighted by Gasteiger charge is -2.15. The smallest absolute Gasteiger partial charge is 0.435 e. The molecule has 1 atom stereocenters. The van der Waals surface area contributed by atoms with Crippen molar-refractivity contribution in [3.8, 4) is 22.1 Å². The van der Waals surface area contributed by atoms with Crippen molar-refractivity contribution in [2.75, 3.05) is 14.2 Å². The van der Waals surface area contributed by atoms with Crippen molar-refractivity contribution in [2.45, 2.75) is 19.1 Å². The van der Waals surface area contributed by atoms with Crippen molar-refractivity contribution in [2.24, 2.45) is 0 Å². The number of hydrogen-bond acceptors (Lipinski definition) is 5. The lowest BCUT2D eigenvalue weighted by Crippen LogP contribution is -2.28. The molecule has 1 heterocycles. The molecule has 0 fully saturated rings. The highest BCUT2D eigenvalue weighted by molar-refractivity contribution is 7.17. The number of hydrogen-bond donors (Lipinski definition) is 1. The van der Waals surface area contributed by atoms with Gasteiger partial charge in [-0.15, -0.1) is 11.3 Å². The molecule has 0 saturated heterocycles. The Labute approximate surface area is 179 Å². The zero-order valence-corrected chi connectivity index (χ0v) is 17.5. The molecule has 0 aliphatic carbocycles. The van der Waals surface area contributed by atoms with Gasteiger partial charge in [-0.3, -0.25) is 4.79 Å². The van der Waals surface area contributed by atoms with Crippen LogP contribution in [0.25, 0.3) is 10.6 Å². The van der Waals surface area contributed by atoms with Gasteiger partial charge >= 0.3 is 6.18 Å². The van der Waals surface area contributed by atoms with Crippen LogP contribution in [0, 0.1) is 5.82 Å². The standard InChI is InChI=1S/C21H18F4N2O3S/c1-11(12-5-4-6-14(9-12)29-2)26-19(28)17-18(21(23,24)25)27-20(31-17)15-10-13(22)7-8-16(15)30-3/h4-11H,1-3H3,(H,26,28). The van der Waals surface area contributed by atoms with E-state index >= 15 is 0 Å². The molecule has 5 nitrogen and oxygen atoms in total. The fourth-order valence-corrected chi connectivity index (χ4v) is 3.89. The molecule has 2 aromatic carbocycles. The van der Waals surface area contributed by atoms with E-state index in [1.165, 1.54) is 20.3 Å². The summed E-state index contributed by atoms with van der Waals surface area (Å²) in [6, 6.07) is 9.62. The van der Waals surface area contributed by atoms with E-state index < -0.39 is 34.5 Å². The Bertz CT molecular complexity index is 1100. The highest BCUT2D eigenvalue weighted by Crippen LogP contribution is 2.40. The number of rotatable bonds is 6. The number of nitrogens with one attached hydrogen (secondary N) is 1. The fraction of sp³-hybridized carbons (Fsp3) is 0.238. The van der Waals surface area contributed by atoms with Crippen molar-refractivity contribution < 1.29 is 31.8 Å². The van der Waals surface area contributed by atoms with E-state index in [1.54, 1.807) is 31.2 Å². The quantitative estimate of drug-likeness (QED) is 0.502. The van der Waals surface area contributed by atoms with Crippen LogP contribution in [0.5, 0.6) is 11.5 Å². The fourth-order valence-electron chi connectivity index (χ4n) is 2.89. The van der Waals surface area contributed by atoms with E-state index in [1.807, 2.05) is 0 Å². The summed E-state index contributed by atoms with van der Waals surface area (Å²) >= 11 is 0.516. The molecule has 31 heavy (non-hydrogen) atoms. The van der Waals surface area contributed by atoms with Gasteiger partial charge in [-0.25, -0.2) is 9.37 Å². The highest BCUT2D eigenvalue weighted by Gasteiger charge is 2.40. The topological polar surface area (TPSA) is 60.5 Å². The average molecular weight is 454 g/mol. The molecule has 0 bridgehead atoms. The van der Waals surface area contributed by atoms with Gasteiger partial charge in [0.25, 0.3) is 5.91 Å². The second kappa shape index (κ2) is 8.93. The van der Waals surface area contributed by atoms with Crippen molar-refractivity contribution in [1.29, 1.82) is 0 Å². The van der Waals surface area contributed by atoms with E-state index in [0.717, 1.165) is 12.1 Å². The van der Waals surface area contributed by atoms with Gasteiger partial charge in [-0.2, -0.15) is 13.2 Å². The second-order valence-corrected chi connectivity index (χ2v) is 7.51. The molecule has 0 aliphatic heterocycles. The average Bonchev–Trinajstić information content (AvgIpc) is 3.20. The van der Waals surface area contributed by atoms with E-state index in [9.17, 15) is 22.4 Å². The van der Waals surface area contributed by atoms with Crippen molar-refractivity contribution in [1.82, 2.24) is 10.3 Å². The van der Waals surface area contributed by atoms with Crippen LogP contribution in [-0.2, 0) is 6.18 Å². The van der Waals surface area contributed by atoms with Gasteiger partial charge < -0.3 is 14.8 Å². The molecule has 1 aromatic heterocycles. The first-order valence-electron chi connectivity index (χ1n) is 9.00. The summed E-state index contributed by atoms with van der Waals surface area (Å²) in [6.07, 6.45) is -4.87. The third-order valence-electron chi connectivity index (χ3n) is 4.44.